The average molecular weight is 288 g/mol. The molecule has 2 aromatic rings. The number of nitrogens with zero attached hydrogens (tertiary/aromatic N) is 1. The summed E-state index contributed by atoms with van der Waals surface area (Å²) in [6.07, 6.45) is 3.18. The third-order valence-corrected chi connectivity index (χ3v) is 4.06. The largest absolute Gasteiger partial charge is 0.379 e. The second kappa shape index (κ2) is 6.63. The number of ether oxygens (including phenoxy) is 1. The Bertz CT molecular complexity index is 584. The van der Waals surface area contributed by atoms with E-state index in [-0.39, 0.29) is 5.60 Å². The van der Waals surface area contributed by atoms with Crippen LogP contribution < -0.4 is 5.32 Å². The maximum atomic E-state index is 5.50. The Morgan fingerprint density at radius 2 is 2.00 bits per heavy atom. The quantitative estimate of drug-likeness (QED) is 0.835. The standard InChI is InChI=1S/C18H28N2O/c1-14(2)19-13-15-6-7-17-16(12-15)8-10-20(17)11-9-18(3,4)21-5/h6-8,10,12,14,19H,9,11,13H2,1-5H3. The van der Waals surface area contributed by atoms with Gasteiger partial charge in [0.15, 0.2) is 0 Å². The van der Waals surface area contributed by atoms with Gasteiger partial charge >= 0.3 is 0 Å². The SMILES string of the molecule is COC(C)(C)CCn1ccc2cc(CNC(C)C)ccc21. The van der Waals surface area contributed by atoms with Crippen LogP contribution >= 0.6 is 0 Å². The van der Waals surface area contributed by atoms with Crippen molar-refractivity contribution < 1.29 is 4.74 Å². The topological polar surface area (TPSA) is 26.2 Å². The average Bonchev–Trinajstić information content (AvgIpc) is 2.85. The number of fused-ring (bicyclic) bond motifs is 1. The minimum absolute atomic E-state index is 0.0717. The Labute approximate surface area is 128 Å². The van der Waals surface area contributed by atoms with E-state index in [0.717, 1.165) is 19.5 Å². The van der Waals surface area contributed by atoms with Gasteiger partial charge in [0.05, 0.1) is 5.60 Å². The van der Waals surface area contributed by atoms with E-state index in [0.29, 0.717) is 6.04 Å². The summed E-state index contributed by atoms with van der Waals surface area (Å²) in [4.78, 5) is 0. The molecule has 3 heteroatoms. The molecule has 0 saturated carbocycles. The van der Waals surface area contributed by atoms with Crippen molar-refractivity contribution in [3.63, 3.8) is 0 Å². The molecule has 0 bridgehead atoms. The van der Waals surface area contributed by atoms with Crippen molar-refractivity contribution in [3.05, 3.63) is 36.0 Å². The van der Waals surface area contributed by atoms with Crippen LogP contribution in [0.3, 0.4) is 0 Å². The van der Waals surface area contributed by atoms with Gasteiger partial charge in [-0.05, 0) is 49.4 Å². The van der Waals surface area contributed by atoms with Gasteiger partial charge in [-0.1, -0.05) is 19.9 Å². The Morgan fingerprint density at radius 3 is 2.67 bits per heavy atom. The summed E-state index contributed by atoms with van der Waals surface area (Å²) < 4.78 is 7.82. The number of rotatable bonds is 7. The van der Waals surface area contributed by atoms with Crippen molar-refractivity contribution in [3.8, 4) is 0 Å². The highest BCUT2D eigenvalue weighted by Crippen LogP contribution is 2.21. The van der Waals surface area contributed by atoms with E-state index in [1.54, 1.807) is 7.11 Å². The molecule has 0 aliphatic heterocycles. The van der Waals surface area contributed by atoms with Gasteiger partial charge in [0, 0.05) is 38.0 Å². The minimum atomic E-state index is -0.0717. The first kappa shape index (κ1) is 16.1. The molecule has 0 aliphatic rings. The summed E-state index contributed by atoms with van der Waals surface area (Å²) in [6, 6.07) is 9.44. The highest BCUT2D eigenvalue weighted by Gasteiger charge is 2.16. The fourth-order valence-corrected chi connectivity index (χ4v) is 2.37. The first-order valence-corrected chi connectivity index (χ1v) is 7.77. The van der Waals surface area contributed by atoms with Crippen LogP contribution in [0, 0.1) is 0 Å². The van der Waals surface area contributed by atoms with Crippen LogP contribution in [0.15, 0.2) is 30.5 Å². The summed E-state index contributed by atoms with van der Waals surface area (Å²) in [5.41, 5.74) is 2.57. The van der Waals surface area contributed by atoms with E-state index in [1.165, 1.54) is 16.5 Å². The molecule has 1 N–H and O–H groups in total. The molecule has 0 saturated heterocycles. The normalized spacial score (nSPS) is 12.5. The lowest BCUT2D eigenvalue weighted by molar-refractivity contribution is 0.0123. The summed E-state index contributed by atoms with van der Waals surface area (Å²) >= 11 is 0. The number of methoxy groups -OCH3 is 1. The molecule has 0 atom stereocenters. The molecule has 0 aliphatic carbocycles. The lowest BCUT2D eigenvalue weighted by atomic mass is 10.1. The third kappa shape index (κ3) is 4.32. The number of hydrogen-bond donors (Lipinski definition) is 1. The molecule has 2 rings (SSSR count). The predicted octanol–water partition coefficient (Wildman–Crippen LogP) is 3.95. The highest BCUT2D eigenvalue weighted by molar-refractivity contribution is 5.80. The van der Waals surface area contributed by atoms with Gasteiger partial charge in [-0.3, -0.25) is 0 Å². The Kier molecular flexibility index (Phi) is 5.07. The van der Waals surface area contributed by atoms with E-state index >= 15 is 0 Å². The van der Waals surface area contributed by atoms with Gasteiger partial charge in [0.25, 0.3) is 0 Å². The van der Waals surface area contributed by atoms with Crippen molar-refractivity contribution in [2.45, 2.75) is 58.8 Å². The maximum absolute atomic E-state index is 5.50. The van der Waals surface area contributed by atoms with Crippen LogP contribution in [0.2, 0.25) is 0 Å². The summed E-state index contributed by atoms with van der Waals surface area (Å²) in [6.45, 7) is 10.5. The van der Waals surface area contributed by atoms with E-state index in [2.05, 4.69) is 68.0 Å². The lowest BCUT2D eigenvalue weighted by Crippen LogP contribution is -2.24. The van der Waals surface area contributed by atoms with Crippen LogP contribution in [-0.4, -0.2) is 23.3 Å². The van der Waals surface area contributed by atoms with E-state index in [9.17, 15) is 0 Å². The van der Waals surface area contributed by atoms with E-state index in [4.69, 9.17) is 4.74 Å². The molecule has 1 aromatic heterocycles. The van der Waals surface area contributed by atoms with Crippen molar-refractivity contribution >= 4 is 10.9 Å². The van der Waals surface area contributed by atoms with Crippen LogP contribution in [0.25, 0.3) is 10.9 Å². The lowest BCUT2D eigenvalue weighted by Gasteiger charge is -2.23. The molecule has 116 valence electrons. The number of aromatic nitrogens is 1. The zero-order valence-electron chi connectivity index (χ0n) is 13.9. The van der Waals surface area contributed by atoms with Crippen molar-refractivity contribution in [2.24, 2.45) is 0 Å². The molecule has 0 unspecified atom stereocenters. The molecule has 0 spiro atoms. The van der Waals surface area contributed by atoms with Gasteiger partial charge in [-0.2, -0.15) is 0 Å². The summed E-state index contributed by atoms with van der Waals surface area (Å²) in [5, 5.41) is 4.78. The molecular weight excluding hydrogens is 260 g/mol. The third-order valence-electron chi connectivity index (χ3n) is 4.06. The summed E-state index contributed by atoms with van der Waals surface area (Å²) in [7, 11) is 1.78. The van der Waals surface area contributed by atoms with Gasteiger partial charge in [-0.15, -0.1) is 0 Å². The predicted molar refractivity (Wildman–Crippen MR) is 89.6 cm³/mol. The van der Waals surface area contributed by atoms with Crippen LogP contribution in [0.1, 0.15) is 39.7 Å². The molecule has 1 aromatic carbocycles. The molecule has 21 heavy (non-hydrogen) atoms. The summed E-state index contributed by atoms with van der Waals surface area (Å²) in [5.74, 6) is 0. The Balaban J connectivity index is 2.10. The molecule has 0 amide bonds. The molecule has 0 radical (unpaired) electrons. The number of nitrogens with one attached hydrogen (secondary N) is 1. The molecular formula is C18H28N2O. The Hall–Kier alpha value is -1.32. The fraction of sp³-hybridized carbons (Fsp3) is 0.556. The van der Waals surface area contributed by atoms with E-state index in [1.807, 2.05) is 0 Å². The van der Waals surface area contributed by atoms with E-state index < -0.39 is 0 Å². The first-order chi connectivity index (χ1) is 9.91. The second-order valence-electron chi connectivity index (χ2n) is 6.65. The van der Waals surface area contributed by atoms with Gasteiger partial charge in [-0.25, -0.2) is 0 Å². The maximum Gasteiger partial charge on any atom is 0.0639 e. The van der Waals surface area contributed by atoms with Gasteiger partial charge in [0.1, 0.15) is 0 Å². The van der Waals surface area contributed by atoms with Crippen LogP contribution in [0.5, 0.6) is 0 Å². The zero-order chi connectivity index (χ0) is 15.5. The van der Waals surface area contributed by atoms with Crippen LogP contribution in [-0.2, 0) is 17.8 Å². The van der Waals surface area contributed by atoms with Crippen molar-refractivity contribution in [2.75, 3.05) is 7.11 Å². The van der Waals surface area contributed by atoms with Crippen LogP contribution in [0.4, 0.5) is 0 Å². The van der Waals surface area contributed by atoms with Gasteiger partial charge < -0.3 is 14.6 Å². The van der Waals surface area contributed by atoms with Crippen molar-refractivity contribution in [1.29, 1.82) is 0 Å². The fourth-order valence-electron chi connectivity index (χ4n) is 2.37. The molecule has 3 nitrogen and oxygen atoms in total. The number of benzene rings is 1. The minimum Gasteiger partial charge on any atom is -0.379 e. The van der Waals surface area contributed by atoms with Gasteiger partial charge in [0.2, 0.25) is 0 Å². The Morgan fingerprint density at radius 1 is 1.24 bits per heavy atom. The number of aryl methyl sites for hydroxylation is 1. The highest BCUT2D eigenvalue weighted by atomic mass is 16.5. The zero-order valence-corrected chi connectivity index (χ0v) is 13.9. The van der Waals surface area contributed by atoms with Crippen molar-refractivity contribution in [1.82, 2.24) is 9.88 Å². The first-order valence-electron chi connectivity index (χ1n) is 7.77. The molecule has 1 heterocycles. The number of hydrogen-bond acceptors (Lipinski definition) is 2. The molecule has 0 fully saturated rings. The monoisotopic (exact) mass is 288 g/mol. The smallest absolute Gasteiger partial charge is 0.0639 e. The second-order valence-corrected chi connectivity index (χ2v) is 6.65.